The molecule has 1 unspecified atom stereocenters. The van der Waals surface area contributed by atoms with E-state index >= 15 is 0 Å². The van der Waals surface area contributed by atoms with Crippen molar-refractivity contribution < 1.29 is 9.18 Å². The smallest absolute Gasteiger partial charge is 0.232 e. The number of nitriles is 2. The molecule has 4 nitrogen and oxygen atoms in total. The van der Waals surface area contributed by atoms with E-state index in [4.69, 9.17) is 10.5 Å². The molecule has 0 saturated carbocycles. The monoisotopic (exact) mass is 319 g/mol. The van der Waals surface area contributed by atoms with E-state index in [1.54, 1.807) is 18.2 Å². The van der Waals surface area contributed by atoms with Gasteiger partial charge in [-0.1, -0.05) is 18.2 Å². The highest BCUT2D eigenvalue weighted by atomic mass is 32.2. The second-order valence-corrected chi connectivity index (χ2v) is 6.00. The summed E-state index contributed by atoms with van der Waals surface area (Å²) in [5.74, 6) is -0.203. The van der Waals surface area contributed by atoms with Gasteiger partial charge in [0.1, 0.15) is 5.82 Å². The highest BCUT2D eigenvalue weighted by Gasteiger charge is 2.17. The molecule has 0 fully saturated rings. The first kappa shape index (κ1) is 18.0. The Hall–Kier alpha value is -2.05. The maximum atomic E-state index is 13.7. The number of nitrogens with zero attached hydrogens (tertiary/aromatic N) is 3. The van der Waals surface area contributed by atoms with Gasteiger partial charge in [0.25, 0.3) is 0 Å². The van der Waals surface area contributed by atoms with Crippen LogP contribution in [0.25, 0.3) is 0 Å². The molecular formula is C16H18FN3OS. The van der Waals surface area contributed by atoms with Crippen LogP contribution < -0.4 is 0 Å². The summed E-state index contributed by atoms with van der Waals surface area (Å²) in [4.78, 5) is 13.7. The number of benzene rings is 1. The third kappa shape index (κ3) is 5.75. The maximum Gasteiger partial charge on any atom is 0.232 e. The van der Waals surface area contributed by atoms with E-state index < -0.39 is 0 Å². The Labute approximate surface area is 134 Å². The number of hydrogen-bond donors (Lipinski definition) is 0. The summed E-state index contributed by atoms with van der Waals surface area (Å²) in [6.07, 6.45) is 0.482. The Balaban J connectivity index is 2.57. The number of amides is 1. The zero-order valence-electron chi connectivity index (χ0n) is 12.5. The zero-order valence-corrected chi connectivity index (χ0v) is 13.3. The predicted octanol–water partition coefficient (Wildman–Crippen LogP) is 3.28. The Bertz CT molecular complexity index is 561. The molecule has 1 atom stereocenters. The average Bonchev–Trinajstić information content (AvgIpc) is 2.53. The predicted molar refractivity (Wildman–Crippen MR) is 84.3 cm³/mol. The summed E-state index contributed by atoms with van der Waals surface area (Å²) < 4.78 is 13.7. The van der Waals surface area contributed by atoms with E-state index in [1.165, 1.54) is 22.7 Å². The first-order valence-corrected chi connectivity index (χ1v) is 8.02. The Morgan fingerprint density at radius 3 is 2.41 bits per heavy atom. The van der Waals surface area contributed by atoms with E-state index in [2.05, 4.69) is 0 Å². The molecule has 116 valence electrons. The number of thioether (sulfide) groups is 1. The molecule has 0 saturated heterocycles. The first-order chi connectivity index (χ1) is 10.6. The summed E-state index contributed by atoms with van der Waals surface area (Å²) in [6.45, 7) is 2.50. The minimum Gasteiger partial charge on any atom is -0.340 e. The van der Waals surface area contributed by atoms with Gasteiger partial charge in [-0.25, -0.2) is 4.39 Å². The molecule has 6 heteroatoms. The molecule has 0 N–H and O–H groups in total. The summed E-state index contributed by atoms with van der Waals surface area (Å²) >= 11 is 1.35. The molecule has 0 bridgehead atoms. The molecule has 22 heavy (non-hydrogen) atoms. The van der Waals surface area contributed by atoms with Crippen molar-refractivity contribution in [2.45, 2.75) is 25.0 Å². The van der Waals surface area contributed by atoms with Crippen molar-refractivity contribution in [2.75, 3.05) is 18.8 Å². The topological polar surface area (TPSA) is 67.9 Å². The fourth-order valence-electron chi connectivity index (χ4n) is 1.91. The van der Waals surface area contributed by atoms with Crippen LogP contribution in [0, 0.1) is 28.5 Å². The lowest BCUT2D eigenvalue weighted by atomic mass is 10.1. The molecule has 0 aliphatic rings. The summed E-state index contributed by atoms with van der Waals surface area (Å²) in [7, 11) is 0. The van der Waals surface area contributed by atoms with E-state index in [9.17, 15) is 9.18 Å². The quantitative estimate of drug-likeness (QED) is 0.737. The standard InChI is InChI=1S/C16H18FN3OS/c1-13(14-6-2-3-7-15(14)17)22-12-16(21)20(10-4-8-18)11-5-9-19/h2-3,6-7,13H,4-5,10-12H2,1H3. The van der Waals surface area contributed by atoms with Crippen LogP contribution in [0.5, 0.6) is 0 Å². The summed E-state index contributed by atoms with van der Waals surface area (Å²) in [5.41, 5.74) is 0.570. The fourth-order valence-corrected chi connectivity index (χ4v) is 2.86. The molecule has 0 spiro atoms. The van der Waals surface area contributed by atoms with Crippen molar-refractivity contribution in [3.8, 4) is 12.1 Å². The van der Waals surface area contributed by atoms with Crippen LogP contribution >= 0.6 is 11.8 Å². The second-order valence-electron chi connectivity index (χ2n) is 4.67. The third-order valence-electron chi connectivity index (χ3n) is 3.14. The van der Waals surface area contributed by atoms with Crippen LogP contribution in [0.2, 0.25) is 0 Å². The van der Waals surface area contributed by atoms with Gasteiger partial charge in [0.05, 0.1) is 30.7 Å². The lowest BCUT2D eigenvalue weighted by Crippen LogP contribution is -2.34. The minimum atomic E-state index is -0.277. The van der Waals surface area contributed by atoms with Gasteiger partial charge in [-0.05, 0) is 13.0 Å². The molecule has 0 aromatic heterocycles. The van der Waals surface area contributed by atoms with E-state index in [0.717, 1.165) is 0 Å². The van der Waals surface area contributed by atoms with Crippen molar-refractivity contribution in [3.05, 3.63) is 35.6 Å². The van der Waals surface area contributed by atoms with Gasteiger partial charge >= 0.3 is 0 Å². The normalized spacial score (nSPS) is 11.3. The molecule has 0 aliphatic heterocycles. The van der Waals surface area contributed by atoms with Gasteiger partial charge in [-0.2, -0.15) is 10.5 Å². The number of rotatable bonds is 8. The van der Waals surface area contributed by atoms with Crippen LogP contribution in [0.15, 0.2) is 24.3 Å². The van der Waals surface area contributed by atoms with Crippen LogP contribution in [-0.4, -0.2) is 29.6 Å². The van der Waals surface area contributed by atoms with Crippen LogP contribution in [0.3, 0.4) is 0 Å². The Kier molecular flexibility index (Phi) is 8.03. The highest BCUT2D eigenvalue weighted by Crippen LogP contribution is 2.29. The van der Waals surface area contributed by atoms with Gasteiger partial charge in [0.15, 0.2) is 0 Å². The van der Waals surface area contributed by atoms with Crippen LogP contribution in [0.1, 0.15) is 30.6 Å². The minimum absolute atomic E-state index is 0.126. The van der Waals surface area contributed by atoms with Gasteiger partial charge in [-0.15, -0.1) is 11.8 Å². The number of carbonyl (C=O) groups is 1. The van der Waals surface area contributed by atoms with E-state index in [0.29, 0.717) is 18.7 Å². The van der Waals surface area contributed by atoms with E-state index in [1.807, 2.05) is 19.1 Å². The van der Waals surface area contributed by atoms with Crippen molar-refractivity contribution in [1.29, 1.82) is 10.5 Å². The molecule has 0 aliphatic carbocycles. The molecule has 1 aromatic carbocycles. The lowest BCUT2D eigenvalue weighted by Gasteiger charge is -2.21. The molecule has 0 radical (unpaired) electrons. The number of halogens is 1. The summed E-state index contributed by atoms with van der Waals surface area (Å²) in [5, 5.41) is 17.1. The molecule has 1 aromatic rings. The second kappa shape index (κ2) is 9.81. The van der Waals surface area contributed by atoms with Gasteiger partial charge < -0.3 is 4.90 Å². The third-order valence-corrected chi connectivity index (χ3v) is 4.31. The SMILES string of the molecule is CC(SCC(=O)N(CCC#N)CCC#N)c1ccccc1F. The van der Waals surface area contributed by atoms with Gasteiger partial charge in [0, 0.05) is 23.9 Å². The molecule has 1 amide bonds. The zero-order chi connectivity index (χ0) is 16.4. The van der Waals surface area contributed by atoms with Crippen molar-refractivity contribution in [2.24, 2.45) is 0 Å². The molecular weight excluding hydrogens is 301 g/mol. The van der Waals surface area contributed by atoms with Crippen molar-refractivity contribution in [3.63, 3.8) is 0 Å². The van der Waals surface area contributed by atoms with Gasteiger partial charge in [-0.3, -0.25) is 4.79 Å². The molecule has 0 heterocycles. The van der Waals surface area contributed by atoms with Crippen molar-refractivity contribution >= 4 is 17.7 Å². The Morgan fingerprint density at radius 2 is 1.86 bits per heavy atom. The number of hydrogen-bond acceptors (Lipinski definition) is 4. The fraction of sp³-hybridized carbons (Fsp3) is 0.438. The number of carbonyl (C=O) groups excluding carboxylic acids is 1. The molecule has 1 rings (SSSR count). The lowest BCUT2D eigenvalue weighted by molar-refractivity contribution is -0.128. The first-order valence-electron chi connectivity index (χ1n) is 6.97. The van der Waals surface area contributed by atoms with Crippen molar-refractivity contribution in [1.82, 2.24) is 4.90 Å². The maximum absolute atomic E-state index is 13.7. The van der Waals surface area contributed by atoms with Gasteiger partial charge in [0.2, 0.25) is 5.91 Å². The summed E-state index contributed by atoms with van der Waals surface area (Å²) in [6, 6.07) is 10.5. The van der Waals surface area contributed by atoms with E-state index in [-0.39, 0.29) is 35.6 Å². The highest BCUT2D eigenvalue weighted by molar-refractivity contribution is 8.00. The Morgan fingerprint density at radius 1 is 1.27 bits per heavy atom. The largest absolute Gasteiger partial charge is 0.340 e. The van der Waals surface area contributed by atoms with Crippen LogP contribution in [0.4, 0.5) is 4.39 Å². The van der Waals surface area contributed by atoms with Crippen LogP contribution in [-0.2, 0) is 4.79 Å². The average molecular weight is 319 g/mol.